The molecule has 0 amide bonds. The van der Waals surface area contributed by atoms with Gasteiger partial charge in [0.1, 0.15) is 17.3 Å². The highest BCUT2D eigenvalue weighted by Crippen LogP contribution is 2.27. The van der Waals surface area contributed by atoms with Crippen LogP contribution in [0.15, 0.2) is 36.7 Å². The van der Waals surface area contributed by atoms with Gasteiger partial charge >= 0.3 is 0 Å². The number of benzene rings is 1. The third-order valence-corrected chi connectivity index (χ3v) is 2.45. The molecule has 1 aromatic carbocycles. The molecule has 0 aliphatic carbocycles. The maximum Gasteiger partial charge on any atom is 0.150 e. The lowest BCUT2D eigenvalue weighted by atomic mass is 10.2. The quantitative estimate of drug-likeness (QED) is 0.885. The zero-order valence-corrected chi connectivity index (χ0v) is 9.48. The van der Waals surface area contributed by atoms with Crippen LogP contribution in [0.3, 0.4) is 0 Å². The molecule has 0 spiro atoms. The summed E-state index contributed by atoms with van der Waals surface area (Å²) in [6.45, 7) is 2.16. The van der Waals surface area contributed by atoms with Gasteiger partial charge in [-0.3, -0.25) is 4.98 Å². The van der Waals surface area contributed by atoms with E-state index in [9.17, 15) is 4.39 Å². The maximum atomic E-state index is 12.9. The van der Waals surface area contributed by atoms with E-state index >= 15 is 0 Å². The van der Waals surface area contributed by atoms with Crippen molar-refractivity contribution in [3.63, 3.8) is 0 Å². The van der Waals surface area contributed by atoms with E-state index in [1.165, 1.54) is 12.1 Å². The second kappa shape index (κ2) is 4.93. The van der Waals surface area contributed by atoms with Crippen molar-refractivity contribution in [2.24, 2.45) is 5.73 Å². The molecule has 0 saturated carbocycles. The van der Waals surface area contributed by atoms with Gasteiger partial charge in [0.15, 0.2) is 0 Å². The number of ether oxygens (including phenoxy) is 1. The topological polar surface area (TPSA) is 48.1 Å². The summed E-state index contributed by atoms with van der Waals surface area (Å²) in [5, 5.41) is 0. The van der Waals surface area contributed by atoms with Crippen molar-refractivity contribution in [1.82, 2.24) is 4.98 Å². The zero-order valence-electron chi connectivity index (χ0n) is 9.48. The van der Waals surface area contributed by atoms with Crippen molar-refractivity contribution in [2.45, 2.75) is 13.5 Å². The van der Waals surface area contributed by atoms with Crippen LogP contribution in [0.4, 0.5) is 4.39 Å². The molecule has 2 N–H and O–H groups in total. The van der Waals surface area contributed by atoms with Gasteiger partial charge in [0.2, 0.25) is 0 Å². The van der Waals surface area contributed by atoms with Gasteiger partial charge in [-0.15, -0.1) is 0 Å². The summed E-state index contributed by atoms with van der Waals surface area (Å²) >= 11 is 0. The first kappa shape index (κ1) is 11.5. The Kier molecular flexibility index (Phi) is 3.35. The molecular formula is C13H13FN2O. The number of pyridine rings is 1. The number of rotatable bonds is 3. The molecule has 0 aliphatic heterocycles. The number of aryl methyl sites for hydroxylation is 1. The number of aromatic nitrogens is 1. The summed E-state index contributed by atoms with van der Waals surface area (Å²) in [5.41, 5.74) is 7.20. The summed E-state index contributed by atoms with van der Waals surface area (Å²) in [5.74, 6) is 0.930. The Balaban J connectivity index is 2.31. The van der Waals surface area contributed by atoms with Crippen LogP contribution in [0.5, 0.6) is 11.5 Å². The molecule has 0 saturated heterocycles. The number of hydrogen-bond acceptors (Lipinski definition) is 3. The van der Waals surface area contributed by atoms with Crippen LogP contribution in [0, 0.1) is 12.7 Å². The molecule has 0 bridgehead atoms. The predicted octanol–water partition coefficient (Wildman–Crippen LogP) is 2.78. The summed E-state index contributed by atoms with van der Waals surface area (Å²) in [6.07, 6.45) is 3.26. The highest BCUT2D eigenvalue weighted by molar-refractivity contribution is 5.39. The third-order valence-electron chi connectivity index (χ3n) is 2.45. The van der Waals surface area contributed by atoms with Crippen LogP contribution < -0.4 is 10.5 Å². The summed E-state index contributed by atoms with van der Waals surface area (Å²) in [7, 11) is 0. The monoisotopic (exact) mass is 232 g/mol. The van der Waals surface area contributed by atoms with Crippen molar-refractivity contribution >= 4 is 0 Å². The van der Waals surface area contributed by atoms with Crippen LogP contribution in [0.25, 0.3) is 0 Å². The molecule has 1 aromatic heterocycles. The Hall–Kier alpha value is -1.94. The summed E-state index contributed by atoms with van der Waals surface area (Å²) in [4.78, 5) is 3.98. The number of halogens is 1. The van der Waals surface area contributed by atoms with Crippen LogP contribution >= 0.6 is 0 Å². The fraction of sp³-hybridized carbons (Fsp3) is 0.154. The summed E-state index contributed by atoms with van der Waals surface area (Å²) in [6, 6.07) is 6.18. The lowest BCUT2D eigenvalue weighted by Crippen LogP contribution is -2.00. The van der Waals surface area contributed by atoms with E-state index in [4.69, 9.17) is 10.5 Å². The van der Waals surface area contributed by atoms with Crippen LogP contribution in [-0.2, 0) is 6.54 Å². The highest BCUT2D eigenvalue weighted by Gasteiger charge is 2.06. The van der Waals surface area contributed by atoms with Crippen LogP contribution in [0.2, 0.25) is 0 Å². The van der Waals surface area contributed by atoms with Gasteiger partial charge in [-0.2, -0.15) is 0 Å². The van der Waals surface area contributed by atoms with Gasteiger partial charge in [-0.25, -0.2) is 4.39 Å². The largest absolute Gasteiger partial charge is 0.455 e. The molecule has 0 fully saturated rings. The average Bonchev–Trinajstić information content (AvgIpc) is 2.33. The van der Waals surface area contributed by atoms with Crippen molar-refractivity contribution in [1.29, 1.82) is 0 Å². The van der Waals surface area contributed by atoms with Gasteiger partial charge in [0.05, 0.1) is 6.20 Å². The van der Waals surface area contributed by atoms with E-state index in [-0.39, 0.29) is 5.82 Å². The average molecular weight is 232 g/mol. The second-order valence-electron chi connectivity index (χ2n) is 3.70. The molecule has 2 aromatic rings. The smallest absolute Gasteiger partial charge is 0.150 e. The van der Waals surface area contributed by atoms with Crippen LogP contribution in [-0.4, -0.2) is 4.98 Å². The van der Waals surface area contributed by atoms with E-state index in [2.05, 4.69) is 4.98 Å². The molecule has 2 rings (SSSR count). The molecule has 0 atom stereocenters. The Morgan fingerprint density at radius 1 is 1.29 bits per heavy atom. The lowest BCUT2D eigenvalue weighted by molar-refractivity contribution is 0.468. The van der Waals surface area contributed by atoms with E-state index in [0.717, 1.165) is 11.1 Å². The van der Waals surface area contributed by atoms with Crippen molar-refractivity contribution in [3.05, 3.63) is 53.6 Å². The van der Waals surface area contributed by atoms with Gasteiger partial charge in [0.25, 0.3) is 0 Å². The highest BCUT2D eigenvalue weighted by atomic mass is 19.1. The van der Waals surface area contributed by atoms with Crippen molar-refractivity contribution in [3.8, 4) is 11.5 Å². The first-order valence-electron chi connectivity index (χ1n) is 5.27. The molecule has 4 heteroatoms. The van der Waals surface area contributed by atoms with Gasteiger partial charge in [-0.05, 0) is 36.8 Å². The van der Waals surface area contributed by atoms with E-state index in [1.807, 2.05) is 0 Å². The van der Waals surface area contributed by atoms with E-state index in [1.54, 1.807) is 31.5 Å². The van der Waals surface area contributed by atoms with Gasteiger partial charge < -0.3 is 10.5 Å². The minimum Gasteiger partial charge on any atom is -0.455 e. The number of nitrogens with zero attached hydrogens (tertiary/aromatic N) is 1. The van der Waals surface area contributed by atoms with E-state index < -0.39 is 0 Å². The van der Waals surface area contributed by atoms with Crippen molar-refractivity contribution in [2.75, 3.05) is 0 Å². The first-order chi connectivity index (χ1) is 8.20. The minimum atomic E-state index is -0.278. The second-order valence-corrected chi connectivity index (χ2v) is 3.70. The minimum absolute atomic E-state index is 0.278. The SMILES string of the molecule is Cc1cc(F)ccc1Oc1cnccc1CN. The first-order valence-corrected chi connectivity index (χ1v) is 5.27. The maximum absolute atomic E-state index is 12.9. The van der Waals surface area contributed by atoms with Crippen LogP contribution in [0.1, 0.15) is 11.1 Å². The lowest BCUT2D eigenvalue weighted by Gasteiger charge is -2.11. The molecule has 0 aliphatic rings. The molecule has 1 heterocycles. The fourth-order valence-corrected chi connectivity index (χ4v) is 1.52. The molecule has 0 unspecified atom stereocenters. The standard InChI is InChI=1S/C13H13FN2O/c1-9-6-11(14)2-3-12(9)17-13-8-16-5-4-10(13)7-15/h2-6,8H,7,15H2,1H3. The normalized spacial score (nSPS) is 10.3. The molecule has 0 radical (unpaired) electrons. The van der Waals surface area contributed by atoms with Crippen molar-refractivity contribution < 1.29 is 9.13 Å². The predicted molar refractivity (Wildman–Crippen MR) is 63.3 cm³/mol. The van der Waals surface area contributed by atoms with E-state index in [0.29, 0.717) is 18.0 Å². The fourth-order valence-electron chi connectivity index (χ4n) is 1.52. The zero-order chi connectivity index (χ0) is 12.3. The van der Waals surface area contributed by atoms with Gasteiger partial charge in [-0.1, -0.05) is 0 Å². The molecule has 17 heavy (non-hydrogen) atoms. The Labute approximate surface area is 99.1 Å². The third kappa shape index (κ3) is 2.60. The van der Waals surface area contributed by atoms with Gasteiger partial charge in [0, 0.05) is 18.3 Å². The molecule has 3 nitrogen and oxygen atoms in total. The molecular weight excluding hydrogens is 219 g/mol. The Morgan fingerprint density at radius 2 is 2.12 bits per heavy atom. The number of nitrogens with two attached hydrogens (primary N) is 1. The summed E-state index contributed by atoms with van der Waals surface area (Å²) < 4.78 is 18.6. The Morgan fingerprint density at radius 3 is 2.82 bits per heavy atom. The Bertz CT molecular complexity index is 529. The molecule has 88 valence electrons. The number of hydrogen-bond donors (Lipinski definition) is 1.